The number of ketones is 1. The highest BCUT2D eigenvalue weighted by atomic mass is 28.4. The van der Waals surface area contributed by atoms with E-state index in [2.05, 4.69) is 60.7 Å². The normalized spacial score (nSPS) is 24.8. The van der Waals surface area contributed by atoms with Gasteiger partial charge in [0.2, 0.25) is 0 Å². The van der Waals surface area contributed by atoms with Crippen LogP contribution >= 0.6 is 0 Å². The molecule has 1 saturated heterocycles. The maximum atomic E-state index is 14.2. The van der Waals surface area contributed by atoms with Crippen molar-refractivity contribution in [3.63, 3.8) is 0 Å². The molecule has 220 valence electrons. The van der Waals surface area contributed by atoms with E-state index in [1.54, 1.807) is 7.11 Å². The second-order valence-corrected chi connectivity index (χ2v) is 17.4. The fourth-order valence-corrected chi connectivity index (χ4v) is 5.90. The molecular weight excluding hydrogens is 500 g/mol. The van der Waals surface area contributed by atoms with Crippen LogP contribution in [-0.2, 0) is 32.9 Å². The van der Waals surface area contributed by atoms with Gasteiger partial charge in [0.1, 0.15) is 18.7 Å². The molecule has 0 saturated carbocycles. The minimum atomic E-state index is -1.77. The summed E-state index contributed by atoms with van der Waals surface area (Å²) >= 11 is 0. The summed E-state index contributed by atoms with van der Waals surface area (Å²) in [5.74, 6) is 0.953. The van der Waals surface area contributed by atoms with Gasteiger partial charge in [0.25, 0.3) is 0 Å². The Morgan fingerprint density at radius 1 is 1.24 bits per heavy atom. The predicted octanol–water partition coefficient (Wildman–Crippen LogP) is 6.78. The van der Waals surface area contributed by atoms with Gasteiger partial charge >= 0.3 is 0 Å². The van der Waals surface area contributed by atoms with E-state index in [1.807, 2.05) is 6.92 Å². The predicted molar refractivity (Wildman–Crippen MR) is 153 cm³/mol. The molecule has 3 atom stereocenters. The zero-order chi connectivity index (χ0) is 28.6. The van der Waals surface area contributed by atoms with Gasteiger partial charge in [-0.05, 0) is 63.6 Å². The molecular formula is C30H54O7Si. The van der Waals surface area contributed by atoms with Crippen LogP contribution in [-0.4, -0.2) is 66.8 Å². The van der Waals surface area contributed by atoms with Crippen molar-refractivity contribution >= 4 is 14.1 Å². The lowest BCUT2D eigenvalue weighted by molar-refractivity contribution is -0.133. The molecule has 1 heterocycles. The minimum Gasteiger partial charge on any atom is -0.498 e. The zero-order valence-corrected chi connectivity index (χ0v) is 26.7. The van der Waals surface area contributed by atoms with Gasteiger partial charge in [-0.25, -0.2) is 0 Å². The van der Waals surface area contributed by atoms with Crippen LogP contribution in [0.25, 0.3) is 0 Å². The first-order valence-electron chi connectivity index (χ1n) is 14.3. The number of hydrogen-bond acceptors (Lipinski definition) is 7. The maximum absolute atomic E-state index is 14.2. The molecule has 1 aliphatic heterocycles. The van der Waals surface area contributed by atoms with E-state index < -0.39 is 19.8 Å². The molecule has 38 heavy (non-hydrogen) atoms. The Labute approximate surface area is 232 Å². The van der Waals surface area contributed by atoms with Crippen molar-refractivity contribution in [2.75, 3.05) is 40.3 Å². The molecule has 2 rings (SSSR count). The van der Waals surface area contributed by atoms with Crippen LogP contribution in [0.15, 0.2) is 23.0 Å². The van der Waals surface area contributed by atoms with Gasteiger partial charge in [0, 0.05) is 25.6 Å². The number of rotatable bonds is 15. The summed E-state index contributed by atoms with van der Waals surface area (Å²) < 4.78 is 35.1. The summed E-state index contributed by atoms with van der Waals surface area (Å²) in [6.07, 6.45) is 5.17. The Kier molecular flexibility index (Phi) is 12.7. The van der Waals surface area contributed by atoms with Crippen LogP contribution in [0.4, 0.5) is 0 Å². The summed E-state index contributed by atoms with van der Waals surface area (Å²) in [7, 11) is -0.171. The fourth-order valence-electron chi connectivity index (χ4n) is 4.81. The van der Waals surface area contributed by atoms with Gasteiger partial charge in [0.05, 0.1) is 25.4 Å². The minimum absolute atomic E-state index is 0.0871. The molecule has 0 amide bonds. The third kappa shape index (κ3) is 8.73. The van der Waals surface area contributed by atoms with Crippen LogP contribution in [0.5, 0.6) is 0 Å². The number of hydrogen-bond donors (Lipinski definition) is 0. The number of methoxy groups -OCH3 is 1. The molecule has 0 spiro atoms. The number of Topliss-reactive ketones (excluding diaryl/α,β-unsaturated/α-hetero) is 1. The number of carbonyl (C=O) groups is 1. The van der Waals surface area contributed by atoms with Crippen molar-refractivity contribution < 1.29 is 32.9 Å². The topological polar surface area (TPSA) is 72.5 Å². The van der Waals surface area contributed by atoms with E-state index in [1.165, 1.54) is 0 Å². The smallest absolute Gasteiger partial charge is 0.191 e. The summed E-state index contributed by atoms with van der Waals surface area (Å²) in [6, 6.07) is 0. The first kappa shape index (κ1) is 33.2. The van der Waals surface area contributed by atoms with E-state index in [-0.39, 0.29) is 29.8 Å². The molecule has 1 aliphatic carbocycles. The number of allylic oxidation sites excluding steroid dienone is 2. The van der Waals surface area contributed by atoms with Gasteiger partial charge in [-0.3, -0.25) is 4.79 Å². The molecule has 0 aromatic rings. The molecule has 8 heteroatoms. The van der Waals surface area contributed by atoms with Gasteiger partial charge in [-0.15, -0.1) is 0 Å². The Bertz CT molecular complexity index is 823. The molecule has 0 bridgehead atoms. The highest BCUT2D eigenvalue weighted by Gasteiger charge is 2.47. The van der Waals surface area contributed by atoms with Crippen LogP contribution in [0.2, 0.25) is 18.1 Å². The first-order valence-corrected chi connectivity index (χ1v) is 17.2. The molecule has 0 radical (unpaired) electrons. The van der Waals surface area contributed by atoms with Crippen LogP contribution in [0, 0.1) is 11.3 Å². The van der Waals surface area contributed by atoms with E-state index in [0.29, 0.717) is 44.7 Å². The average Bonchev–Trinajstić information content (AvgIpc) is 3.36. The van der Waals surface area contributed by atoms with Gasteiger partial charge in [-0.2, -0.15) is 0 Å². The summed E-state index contributed by atoms with van der Waals surface area (Å²) in [5, 5.41) is 0.195. The summed E-state index contributed by atoms with van der Waals surface area (Å²) in [5.41, 5.74) is 1.22. The Morgan fingerprint density at radius 2 is 1.89 bits per heavy atom. The third-order valence-corrected chi connectivity index (χ3v) is 13.2. The Morgan fingerprint density at radius 3 is 2.47 bits per heavy atom. The van der Waals surface area contributed by atoms with E-state index >= 15 is 0 Å². The van der Waals surface area contributed by atoms with Crippen LogP contribution in [0.3, 0.4) is 0 Å². The average molecular weight is 555 g/mol. The lowest BCUT2D eigenvalue weighted by Crippen LogP contribution is -2.44. The van der Waals surface area contributed by atoms with Crippen LogP contribution < -0.4 is 0 Å². The molecule has 7 nitrogen and oxygen atoms in total. The fraction of sp³-hybridized carbons (Fsp3) is 0.833. The van der Waals surface area contributed by atoms with E-state index in [0.717, 1.165) is 30.8 Å². The molecule has 1 fully saturated rings. The molecule has 2 aliphatic rings. The summed E-state index contributed by atoms with van der Waals surface area (Å²) in [6.45, 7) is 22.2. The highest BCUT2D eigenvalue weighted by Crippen LogP contribution is 2.46. The van der Waals surface area contributed by atoms with Crippen molar-refractivity contribution in [3.05, 3.63) is 23.0 Å². The highest BCUT2D eigenvalue weighted by molar-refractivity contribution is 6.74. The second-order valence-electron chi connectivity index (χ2n) is 12.6. The molecule has 0 aromatic heterocycles. The monoisotopic (exact) mass is 554 g/mol. The third-order valence-electron chi connectivity index (χ3n) is 8.62. The van der Waals surface area contributed by atoms with Crippen molar-refractivity contribution in [2.45, 2.75) is 111 Å². The van der Waals surface area contributed by atoms with Crippen molar-refractivity contribution in [1.29, 1.82) is 0 Å². The van der Waals surface area contributed by atoms with Gasteiger partial charge in [-0.1, -0.05) is 46.3 Å². The number of ether oxygens (including phenoxy) is 5. The lowest BCUT2D eigenvalue weighted by atomic mass is 9.63. The molecule has 0 N–H and O–H groups in total. The van der Waals surface area contributed by atoms with Gasteiger partial charge in [0.15, 0.2) is 20.4 Å². The van der Waals surface area contributed by atoms with Gasteiger partial charge < -0.3 is 28.1 Å². The standard InChI is InChI=1S/C30H54O7Si/c1-11-33-25-20-23(3)30(7,15-14-26-34-17-18-35-26)28(31)27(25)24(36-21-32-8)19-22(2)13-12-16-37-38(9,10)29(4,5)6/h19,23-24,26H,11-18,20-21H2,1-10H3/b22-19+/t23-,24?,30-/m1/s1. The Balaban J connectivity index is 2.23. The summed E-state index contributed by atoms with van der Waals surface area (Å²) in [4.78, 5) is 14.2. The van der Waals surface area contributed by atoms with Crippen molar-refractivity contribution in [3.8, 4) is 0 Å². The van der Waals surface area contributed by atoms with E-state index in [4.69, 9.17) is 28.1 Å². The quantitative estimate of drug-likeness (QED) is 0.0956. The van der Waals surface area contributed by atoms with Crippen molar-refractivity contribution in [1.82, 2.24) is 0 Å². The second kappa shape index (κ2) is 14.6. The SMILES string of the molecule is CCOC1=C(C(/C=C(\C)CCCO[Si](C)(C)C(C)(C)C)OCOC)C(=O)[C@](C)(CCC2OCCO2)[C@H](C)C1. The lowest BCUT2D eigenvalue weighted by Gasteiger charge is -2.41. The Hall–Kier alpha value is -1.03. The maximum Gasteiger partial charge on any atom is 0.191 e. The van der Waals surface area contributed by atoms with Crippen molar-refractivity contribution in [2.24, 2.45) is 11.3 Å². The zero-order valence-electron chi connectivity index (χ0n) is 25.7. The number of carbonyl (C=O) groups excluding carboxylic acids is 1. The van der Waals surface area contributed by atoms with Crippen LogP contribution in [0.1, 0.15) is 80.6 Å². The largest absolute Gasteiger partial charge is 0.498 e. The molecule has 1 unspecified atom stereocenters. The first-order chi connectivity index (χ1) is 17.8. The molecule has 0 aromatic carbocycles. The van der Waals surface area contributed by atoms with E-state index in [9.17, 15) is 4.79 Å².